The van der Waals surface area contributed by atoms with Crippen LogP contribution in [0.3, 0.4) is 0 Å². The molecular formula is C27H30O10. The highest BCUT2D eigenvalue weighted by molar-refractivity contribution is 5.94. The molecule has 4 heterocycles. The molecule has 7 rings (SSSR count). The van der Waals surface area contributed by atoms with Crippen molar-refractivity contribution in [2.24, 2.45) is 28.1 Å². The SMILES string of the molecule is C[C@@H]1C(=O)O[C@H]2[C@@H](O)[C@@]34[C@H]5C[C@@H](C(C)(C)C)[C@]36[C@@H](OC(=O)[C@@H]6OCc3ccccc3)O[C@@]4(C(=O)O5)[C@@]12O. The molecule has 1 aromatic rings. The number of aliphatic hydroxyl groups is 2. The quantitative estimate of drug-likeness (QED) is 0.441. The molecule has 1 aromatic carbocycles. The molecule has 4 aliphatic heterocycles. The van der Waals surface area contributed by atoms with Gasteiger partial charge in [-0.15, -0.1) is 0 Å². The van der Waals surface area contributed by atoms with Gasteiger partial charge in [0.05, 0.1) is 23.4 Å². The lowest BCUT2D eigenvalue weighted by Crippen LogP contribution is -2.67. The van der Waals surface area contributed by atoms with Crippen LogP contribution in [0.1, 0.15) is 39.7 Å². The van der Waals surface area contributed by atoms with Gasteiger partial charge in [-0.25, -0.2) is 9.59 Å². The Morgan fingerprint density at radius 1 is 1.05 bits per heavy atom. The lowest BCUT2D eigenvalue weighted by atomic mass is 9.51. The van der Waals surface area contributed by atoms with Gasteiger partial charge in [-0.05, 0) is 30.2 Å². The first-order valence-electron chi connectivity index (χ1n) is 12.8. The van der Waals surface area contributed by atoms with E-state index in [0.29, 0.717) is 6.42 Å². The summed E-state index contributed by atoms with van der Waals surface area (Å²) in [4.78, 5) is 39.9. The second-order valence-electron chi connectivity index (χ2n) is 12.4. The highest BCUT2D eigenvalue weighted by atomic mass is 16.8. The van der Waals surface area contributed by atoms with E-state index in [1.54, 1.807) is 0 Å². The van der Waals surface area contributed by atoms with Crippen molar-refractivity contribution in [3.05, 3.63) is 35.9 Å². The molecule has 37 heavy (non-hydrogen) atoms. The molecule has 0 aromatic heterocycles. The summed E-state index contributed by atoms with van der Waals surface area (Å²) in [7, 11) is 0. The molecule has 6 aliphatic rings. The molecule has 2 saturated carbocycles. The van der Waals surface area contributed by atoms with E-state index in [4.69, 9.17) is 23.7 Å². The Morgan fingerprint density at radius 3 is 2.43 bits per heavy atom. The van der Waals surface area contributed by atoms with Crippen molar-refractivity contribution in [1.82, 2.24) is 0 Å². The van der Waals surface area contributed by atoms with Gasteiger partial charge in [-0.2, -0.15) is 0 Å². The Balaban J connectivity index is 1.47. The van der Waals surface area contributed by atoms with Crippen LogP contribution in [0.15, 0.2) is 30.3 Å². The van der Waals surface area contributed by atoms with Crippen LogP contribution >= 0.6 is 0 Å². The number of rotatable bonds is 3. The van der Waals surface area contributed by atoms with Gasteiger partial charge in [0.1, 0.15) is 12.2 Å². The van der Waals surface area contributed by atoms with Gasteiger partial charge in [-0.1, -0.05) is 51.1 Å². The third-order valence-electron chi connectivity index (χ3n) is 10.2. The summed E-state index contributed by atoms with van der Waals surface area (Å²) < 4.78 is 29.9. The molecule has 0 amide bonds. The number of aliphatic hydroxyl groups excluding tert-OH is 1. The summed E-state index contributed by atoms with van der Waals surface area (Å²) in [6.45, 7) is 7.52. The summed E-state index contributed by atoms with van der Waals surface area (Å²) in [5.41, 5.74) is -7.12. The molecule has 6 fully saturated rings. The molecule has 4 saturated heterocycles. The number of benzene rings is 1. The first-order valence-corrected chi connectivity index (χ1v) is 12.8. The fraction of sp³-hybridized carbons (Fsp3) is 0.667. The van der Waals surface area contributed by atoms with Gasteiger partial charge in [0.25, 0.3) is 0 Å². The molecule has 0 bridgehead atoms. The Morgan fingerprint density at radius 2 is 1.76 bits per heavy atom. The number of fused-ring (bicyclic) bond motifs is 1. The van der Waals surface area contributed by atoms with Crippen LogP contribution in [-0.2, 0) is 44.7 Å². The number of carbonyl (C=O) groups excluding carboxylic acids is 3. The largest absolute Gasteiger partial charge is 0.459 e. The van der Waals surface area contributed by atoms with Crippen LogP contribution in [0.4, 0.5) is 0 Å². The van der Waals surface area contributed by atoms with Gasteiger partial charge in [-0.3, -0.25) is 4.79 Å². The minimum Gasteiger partial charge on any atom is -0.459 e. The molecule has 10 heteroatoms. The van der Waals surface area contributed by atoms with E-state index in [1.807, 2.05) is 51.1 Å². The molecule has 0 unspecified atom stereocenters. The molecule has 11 atom stereocenters. The van der Waals surface area contributed by atoms with Crippen LogP contribution in [-0.4, -0.2) is 70.0 Å². The van der Waals surface area contributed by atoms with Gasteiger partial charge < -0.3 is 33.9 Å². The first-order chi connectivity index (χ1) is 17.4. The summed E-state index contributed by atoms with van der Waals surface area (Å²) in [6, 6.07) is 9.31. The molecule has 2 spiro atoms. The third-order valence-corrected chi connectivity index (χ3v) is 10.2. The van der Waals surface area contributed by atoms with Crippen LogP contribution in [0, 0.1) is 28.1 Å². The number of hydrogen-bond acceptors (Lipinski definition) is 10. The van der Waals surface area contributed by atoms with E-state index in [-0.39, 0.29) is 12.5 Å². The molecule has 2 aliphatic carbocycles. The lowest BCUT2D eigenvalue weighted by Gasteiger charge is -2.48. The van der Waals surface area contributed by atoms with E-state index in [1.165, 1.54) is 6.92 Å². The topological polar surface area (TPSA) is 138 Å². The molecule has 0 radical (unpaired) electrons. The van der Waals surface area contributed by atoms with Crippen molar-refractivity contribution >= 4 is 17.9 Å². The van der Waals surface area contributed by atoms with E-state index >= 15 is 0 Å². The minimum absolute atomic E-state index is 0.0731. The highest BCUT2D eigenvalue weighted by Gasteiger charge is 3.04. The molecular weight excluding hydrogens is 484 g/mol. The van der Waals surface area contributed by atoms with Gasteiger partial charge >= 0.3 is 17.9 Å². The Hall–Kier alpha value is -2.53. The van der Waals surface area contributed by atoms with Gasteiger partial charge in [0.2, 0.25) is 11.9 Å². The van der Waals surface area contributed by atoms with E-state index in [9.17, 15) is 24.6 Å². The molecule has 2 N–H and O–H groups in total. The average molecular weight is 515 g/mol. The molecule has 198 valence electrons. The van der Waals surface area contributed by atoms with E-state index in [0.717, 1.165) is 5.56 Å². The number of esters is 3. The second kappa shape index (κ2) is 6.72. The van der Waals surface area contributed by atoms with E-state index in [2.05, 4.69) is 0 Å². The number of hydrogen-bond donors (Lipinski definition) is 2. The zero-order chi connectivity index (χ0) is 26.3. The van der Waals surface area contributed by atoms with Crippen LogP contribution < -0.4 is 0 Å². The second-order valence-corrected chi connectivity index (χ2v) is 12.4. The van der Waals surface area contributed by atoms with Gasteiger partial charge in [0.15, 0.2) is 17.8 Å². The van der Waals surface area contributed by atoms with Crippen molar-refractivity contribution in [2.45, 2.75) is 82.6 Å². The van der Waals surface area contributed by atoms with Crippen LogP contribution in [0.25, 0.3) is 0 Å². The Kier molecular flexibility index (Phi) is 4.28. The predicted octanol–water partition coefficient (Wildman–Crippen LogP) is 0.855. The van der Waals surface area contributed by atoms with Crippen molar-refractivity contribution in [2.75, 3.05) is 0 Å². The van der Waals surface area contributed by atoms with E-state index < -0.39 is 82.0 Å². The fourth-order valence-electron chi connectivity index (χ4n) is 9.05. The third kappa shape index (κ3) is 2.14. The Bertz CT molecular complexity index is 1230. The average Bonchev–Trinajstić information content (AvgIpc) is 3.55. The predicted molar refractivity (Wildman–Crippen MR) is 121 cm³/mol. The summed E-state index contributed by atoms with van der Waals surface area (Å²) in [5, 5.41) is 24.3. The zero-order valence-electron chi connectivity index (χ0n) is 21.0. The number of carbonyl (C=O) groups is 3. The first kappa shape index (κ1) is 23.6. The summed E-state index contributed by atoms with van der Waals surface area (Å²) >= 11 is 0. The minimum atomic E-state index is -2.23. The standard InChI is InChI=1S/C27H30O10/c1-12-19(29)35-17-16(28)25-15-10-14(23(2,3)4)24(25)18(33-11-13-8-6-5-7-9-13)20(30)36-22(24)37-27(25,21(31)34-15)26(12,17)32/h5-9,12,14-18,22,28,32H,10-11H2,1-4H3/t12-,14+,15-,16-,17+,18+,22+,24+,25+,26-,27-/m1/s1. The van der Waals surface area contributed by atoms with Crippen molar-refractivity contribution in [3.63, 3.8) is 0 Å². The smallest absolute Gasteiger partial charge is 0.343 e. The monoisotopic (exact) mass is 514 g/mol. The maximum atomic E-state index is 13.8. The van der Waals surface area contributed by atoms with Crippen LogP contribution in [0.5, 0.6) is 0 Å². The van der Waals surface area contributed by atoms with Gasteiger partial charge in [0, 0.05) is 0 Å². The fourth-order valence-corrected chi connectivity index (χ4v) is 9.05. The maximum absolute atomic E-state index is 13.8. The zero-order valence-corrected chi connectivity index (χ0v) is 21.0. The highest BCUT2D eigenvalue weighted by Crippen LogP contribution is 2.84. The van der Waals surface area contributed by atoms with Crippen molar-refractivity contribution in [3.8, 4) is 0 Å². The van der Waals surface area contributed by atoms with Crippen molar-refractivity contribution < 1.29 is 48.3 Å². The van der Waals surface area contributed by atoms with Crippen molar-refractivity contribution in [1.29, 1.82) is 0 Å². The van der Waals surface area contributed by atoms with Crippen LogP contribution in [0.2, 0.25) is 0 Å². The summed E-state index contributed by atoms with van der Waals surface area (Å²) in [5.74, 6) is -3.88. The maximum Gasteiger partial charge on any atom is 0.343 e. The normalized spacial score (nSPS) is 50.9. The summed E-state index contributed by atoms with van der Waals surface area (Å²) in [6.07, 6.45) is -6.16. The lowest BCUT2D eigenvalue weighted by molar-refractivity contribution is -0.240. The Labute approximate surface area is 213 Å². The number of ether oxygens (including phenoxy) is 5. The molecule has 10 nitrogen and oxygen atoms in total.